The molecule has 1 aromatic heterocycles. The van der Waals surface area contributed by atoms with Crippen LogP contribution < -0.4 is 5.73 Å². The Balaban J connectivity index is 2.73. The first-order valence-electron chi connectivity index (χ1n) is 4.70. The number of ether oxygens (including phenoxy) is 1. The second-order valence-corrected chi connectivity index (χ2v) is 4.21. The number of carbonyl (C=O) groups excluding carboxylic acids is 1. The highest BCUT2D eigenvalue weighted by Crippen LogP contribution is 2.24. The van der Waals surface area contributed by atoms with Gasteiger partial charge in [-0.3, -0.25) is 0 Å². The zero-order valence-corrected chi connectivity index (χ0v) is 9.61. The summed E-state index contributed by atoms with van der Waals surface area (Å²) in [5.41, 5.74) is 5.26. The van der Waals surface area contributed by atoms with E-state index < -0.39 is 18.2 Å². The molecule has 0 fully saturated rings. The van der Waals surface area contributed by atoms with Crippen LogP contribution in [0, 0.1) is 0 Å². The SMILES string of the molecule is COC(=O)c1cnc(C(O)C(O)CCN)s1. The number of rotatable bonds is 5. The molecule has 1 heterocycles. The van der Waals surface area contributed by atoms with Crippen LogP contribution in [0.5, 0.6) is 0 Å². The molecule has 0 aliphatic carbocycles. The van der Waals surface area contributed by atoms with Gasteiger partial charge in [0.25, 0.3) is 0 Å². The summed E-state index contributed by atoms with van der Waals surface area (Å²) in [5, 5.41) is 19.5. The number of nitrogens with zero attached hydrogens (tertiary/aromatic N) is 1. The molecule has 2 unspecified atom stereocenters. The van der Waals surface area contributed by atoms with Crippen molar-refractivity contribution in [2.75, 3.05) is 13.7 Å². The van der Waals surface area contributed by atoms with Gasteiger partial charge in [0.1, 0.15) is 16.0 Å². The number of nitrogens with two attached hydrogens (primary N) is 1. The summed E-state index contributed by atoms with van der Waals surface area (Å²) in [4.78, 5) is 15.3. The minimum atomic E-state index is -1.12. The van der Waals surface area contributed by atoms with Gasteiger partial charge in [-0.2, -0.15) is 0 Å². The lowest BCUT2D eigenvalue weighted by atomic mass is 10.1. The summed E-state index contributed by atoms with van der Waals surface area (Å²) in [6.45, 7) is 0.271. The van der Waals surface area contributed by atoms with E-state index >= 15 is 0 Å². The van der Waals surface area contributed by atoms with Crippen molar-refractivity contribution < 1.29 is 19.7 Å². The minimum absolute atomic E-state index is 0.271. The van der Waals surface area contributed by atoms with Gasteiger partial charge in [0.2, 0.25) is 0 Å². The van der Waals surface area contributed by atoms with Gasteiger partial charge in [-0.15, -0.1) is 11.3 Å². The highest BCUT2D eigenvalue weighted by Gasteiger charge is 2.22. The zero-order valence-electron chi connectivity index (χ0n) is 8.79. The topological polar surface area (TPSA) is 106 Å². The second-order valence-electron chi connectivity index (χ2n) is 3.14. The summed E-state index contributed by atoms with van der Waals surface area (Å²) in [5.74, 6) is -0.510. The molecule has 0 saturated carbocycles. The molecule has 0 spiro atoms. The van der Waals surface area contributed by atoms with Crippen molar-refractivity contribution in [3.05, 3.63) is 16.1 Å². The van der Waals surface area contributed by atoms with E-state index in [4.69, 9.17) is 5.73 Å². The highest BCUT2D eigenvalue weighted by molar-refractivity contribution is 7.13. The number of hydrogen-bond donors (Lipinski definition) is 3. The van der Waals surface area contributed by atoms with Gasteiger partial charge < -0.3 is 20.7 Å². The van der Waals surface area contributed by atoms with Crippen molar-refractivity contribution in [3.8, 4) is 0 Å². The maximum absolute atomic E-state index is 11.1. The summed E-state index contributed by atoms with van der Waals surface area (Å²) in [7, 11) is 1.27. The normalized spacial score (nSPS) is 14.5. The van der Waals surface area contributed by atoms with Crippen molar-refractivity contribution in [3.63, 3.8) is 0 Å². The molecule has 0 bridgehead atoms. The van der Waals surface area contributed by atoms with Crippen LogP contribution in [0.4, 0.5) is 0 Å². The lowest BCUT2D eigenvalue weighted by molar-refractivity contribution is 0.0149. The summed E-state index contributed by atoms with van der Waals surface area (Å²) in [6, 6.07) is 0. The van der Waals surface area contributed by atoms with E-state index in [1.165, 1.54) is 13.3 Å². The Kier molecular flexibility index (Phi) is 4.81. The smallest absolute Gasteiger partial charge is 0.349 e. The number of thiazole rings is 1. The van der Waals surface area contributed by atoms with Crippen LogP contribution >= 0.6 is 11.3 Å². The molecule has 1 rings (SSSR count). The molecule has 0 radical (unpaired) electrons. The molecule has 16 heavy (non-hydrogen) atoms. The second kappa shape index (κ2) is 5.90. The molecule has 0 amide bonds. The molecule has 0 aliphatic heterocycles. The molecule has 90 valence electrons. The molecule has 7 heteroatoms. The lowest BCUT2D eigenvalue weighted by Gasteiger charge is -2.13. The number of aliphatic hydroxyl groups is 2. The third-order valence-electron chi connectivity index (χ3n) is 1.99. The first-order valence-corrected chi connectivity index (χ1v) is 5.52. The summed E-state index contributed by atoms with van der Waals surface area (Å²) in [6.07, 6.45) is -0.507. The van der Waals surface area contributed by atoms with Gasteiger partial charge in [0.05, 0.1) is 19.4 Å². The average Bonchev–Trinajstić information content (AvgIpc) is 2.76. The largest absolute Gasteiger partial charge is 0.465 e. The van der Waals surface area contributed by atoms with E-state index in [9.17, 15) is 15.0 Å². The number of aliphatic hydroxyl groups excluding tert-OH is 2. The van der Waals surface area contributed by atoms with Crippen LogP contribution in [-0.2, 0) is 4.74 Å². The number of carbonyl (C=O) groups is 1. The first kappa shape index (κ1) is 13.0. The maximum atomic E-state index is 11.1. The monoisotopic (exact) mass is 246 g/mol. The third kappa shape index (κ3) is 2.99. The predicted octanol–water partition coefficient (Wildman–Crippen LogP) is -0.327. The minimum Gasteiger partial charge on any atom is -0.465 e. The van der Waals surface area contributed by atoms with E-state index in [0.717, 1.165) is 11.3 Å². The Morgan fingerprint density at radius 3 is 2.94 bits per heavy atom. The van der Waals surface area contributed by atoms with Gasteiger partial charge in [-0.25, -0.2) is 9.78 Å². The first-order chi connectivity index (χ1) is 7.60. The molecule has 0 aromatic carbocycles. The lowest BCUT2D eigenvalue weighted by Crippen LogP contribution is -2.21. The van der Waals surface area contributed by atoms with Gasteiger partial charge >= 0.3 is 5.97 Å². The Hall–Kier alpha value is -1.02. The zero-order chi connectivity index (χ0) is 12.1. The molecule has 0 saturated heterocycles. The Morgan fingerprint density at radius 2 is 2.38 bits per heavy atom. The van der Waals surface area contributed by atoms with Crippen molar-refractivity contribution in [1.29, 1.82) is 0 Å². The number of methoxy groups -OCH3 is 1. The molecule has 2 atom stereocenters. The molecular formula is C9H14N2O4S. The molecular weight excluding hydrogens is 232 g/mol. The fourth-order valence-corrected chi connectivity index (χ4v) is 1.99. The van der Waals surface area contributed by atoms with Gasteiger partial charge in [-0.05, 0) is 13.0 Å². The Bertz CT molecular complexity index is 355. The Morgan fingerprint density at radius 1 is 1.69 bits per heavy atom. The Labute approximate surface area is 96.7 Å². The van der Waals surface area contributed by atoms with Crippen molar-refractivity contribution >= 4 is 17.3 Å². The van der Waals surface area contributed by atoms with Crippen molar-refractivity contribution in [1.82, 2.24) is 4.98 Å². The van der Waals surface area contributed by atoms with E-state index in [1.54, 1.807) is 0 Å². The standard InChI is InChI=1S/C9H14N2O4S/c1-15-9(14)6-4-11-8(16-6)7(13)5(12)2-3-10/h4-5,7,12-13H,2-3,10H2,1H3. The van der Waals surface area contributed by atoms with Crippen molar-refractivity contribution in [2.24, 2.45) is 5.73 Å². The van der Waals surface area contributed by atoms with Crippen molar-refractivity contribution in [2.45, 2.75) is 18.6 Å². The van der Waals surface area contributed by atoms with Gasteiger partial charge in [0, 0.05) is 0 Å². The van der Waals surface area contributed by atoms with Crippen LogP contribution in [0.1, 0.15) is 27.2 Å². The fourth-order valence-electron chi connectivity index (χ4n) is 1.11. The van der Waals surface area contributed by atoms with E-state index in [-0.39, 0.29) is 22.9 Å². The van der Waals surface area contributed by atoms with Gasteiger partial charge in [-0.1, -0.05) is 0 Å². The van der Waals surface area contributed by atoms with Crippen LogP contribution in [0.2, 0.25) is 0 Å². The van der Waals surface area contributed by atoms with E-state index in [1.807, 2.05) is 0 Å². The quantitative estimate of drug-likeness (QED) is 0.614. The van der Waals surface area contributed by atoms with Crippen LogP contribution in [0.15, 0.2) is 6.20 Å². The van der Waals surface area contributed by atoms with E-state index in [2.05, 4.69) is 9.72 Å². The number of esters is 1. The maximum Gasteiger partial charge on any atom is 0.349 e. The number of aromatic nitrogens is 1. The molecule has 1 aromatic rings. The molecule has 4 N–H and O–H groups in total. The predicted molar refractivity (Wildman–Crippen MR) is 58.1 cm³/mol. The summed E-state index contributed by atoms with van der Waals surface area (Å²) < 4.78 is 4.50. The molecule has 0 aliphatic rings. The van der Waals surface area contributed by atoms with Crippen LogP contribution in [0.3, 0.4) is 0 Å². The summed E-state index contributed by atoms with van der Waals surface area (Å²) >= 11 is 0.991. The van der Waals surface area contributed by atoms with Gasteiger partial charge in [0.15, 0.2) is 0 Å². The molecule has 6 nitrogen and oxygen atoms in total. The third-order valence-corrected chi connectivity index (χ3v) is 3.04. The fraction of sp³-hybridized carbons (Fsp3) is 0.556. The van der Waals surface area contributed by atoms with E-state index in [0.29, 0.717) is 0 Å². The average molecular weight is 246 g/mol. The van der Waals surface area contributed by atoms with Crippen LogP contribution in [0.25, 0.3) is 0 Å². The van der Waals surface area contributed by atoms with Crippen LogP contribution in [-0.4, -0.2) is 40.9 Å². The highest BCUT2D eigenvalue weighted by atomic mass is 32.1. The number of hydrogen-bond acceptors (Lipinski definition) is 7.